The Labute approximate surface area is 567 Å². The topological polar surface area (TPSA) is 237 Å². The maximum Gasteiger partial charge on any atom is 0.472 e. The molecule has 5 atom stereocenters. The first-order valence-electron chi connectivity index (χ1n) is 37.7. The normalized spacial score (nSPS) is 14.3. The van der Waals surface area contributed by atoms with Crippen molar-refractivity contribution in [3.8, 4) is 0 Å². The number of hydrogen-bond donors (Lipinski definition) is 3. The van der Waals surface area contributed by atoms with Gasteiger partial charge in [0.1, 0.15) is 19.3 Å². The number of ether oxygens (including phenoxy) is 4. The molecule has 3 N–H and O–H groups in total. The molecule has 93 heavy (non-hydrogen) atoms. The zero-order valence-corrected chi connectivity index (χ0v) is 62.0. The lowest BCUT2D eigenvalue weighted by atomic mass is 10.0. The summed E-state index contributed by atoms with van der Waals surface area (Å²) in [6.45, 7) is 11.8. The van der Waals surface area contributed by atoms with E-state index >= 15 is 0 Å². The largest absolute Gasteiger partial charge is 0.472 e. The van der Waals surface area contributed by atoms with Gasteiger partial charge in [-0.2, -0.15) is 0 Å². The Bertz CT molecular complexity index is 1910. The van der Waals surface area contributed by atoms with Crippen LogP contribution in [0.3, 0.4) is 0 Å². The molecule has 0 saturated carbocycles. The van der Waals surface area contributed by atoms with Gasteiger partial charge in [-0.3, -0.25) is 37.3 Å². The van der Waals surface area contributed by atoms with E-state index in [0.717, 1.165) is 127 Å². The lowest BCUT2D eigenvalue weighted by Gasteiger charge is -2.21. The summed E-state index contributed by atoms with van der Waals surface area (Å²) in [5.74, 6) is 0.0818. The number of aliphatic hydroxyl groups excluding tert-OH is 1. The minimum Gasteiger partial charge on any atom is -0.462 e. The third kappa shape index (κ3) is 67.9. The number of carbonyl (C=O) groups is 4. The van der Waals surface area contributed by atoms with Gasteiger partial charge in [0.25, 0.3) is 0 Å². The number of esters is 4. The first-order valence-corrected chi connectivity index (χ1v) is 40.7. The van der Waals surface area contributed by atoms with Crippen molar-refractivity contribution in [3.63, 3.8) is 0 Å². The highest BCUT2D eigenvalue weighted by atomic mass is 31.2. The summed E-state index contributed by atoms with van der Waals surface area (Å²) in [5.41, 5.74) is 0. The number of rotatable bonds is 70. The van der Waals surface area contributed by atoms with Crippen molar-refractivity contribution >= 4 is 39.5 Å². The van der Waals surface area contributed by atoms with E-state index in [2.05, 4.69) is 72.8 Å². The zero-order valence-electron chi connectivity index (χ0n) is 60.2. The monoisotopic (exact) mass is 1360 g/mol. The second kappa shape index (κ2) is 64.2. The van der Waals surface area contributed by atoms with Crippen LogP contribution in [0.1, 0.15) is 350 Å². The predicted octanol–water partition coefficient (Wildman–Crippen LogP) is 21.0. The second-order valence-corrected chi connectivity index (χ2v) is 30.3. The van der Waals surface area contributed by atoms with Crippen molar-refractivity contribution < 1.29 is 80.2 Å². The predicted molar refractivity (Wildman–Crippen MR) is 377 cm³/mol. The quantitative estimate of drug-likeness (QED) is 0.0169. The van der Waals surface area contributed by atoms with Crippen molar-refractivity contribution in [3.05, 3.63) is 24.3 Å². The molecule has 0 heterocycles. The first-order chi connectivity index (χ1) is 44.7. The molecule has 0 aromatic carbocycles. The van der Waals surface area contributed by atoms with Crippen molar-refractivity contribution in [2.75, 3.05) is 39.6 Å². The van der Waals surface area contributed by atoms with E-state index < -0.39 is 97.5 Å². The van der Waals surface area contributed by atoms with E-state index in [4.69, 9.17) is 37.0 Å². The van der Waals surface area contributed by atoms with Crippen LogP contribution in [0.25, 0.3) is 0 Å². The molecule has 0 radical (unpaired) electrons. The molecule has 0 aliphatic heterocycles. The standard InChI is InChI=1S/C74H140O17P2/c1-8-9-10-11-12-13-14-15-16-17-21-26-34-41-48-55-71(76)84-61-69(90-73(78)57-50-43-36-27-22-19-18-20-24-31-38-45-52-65(2)3)63-88-92(80,81)86-59-68(75)60-87-93(82,83)89-64-70(62-85-72(77)56-49-42-35-30-29-33-40-47-54-67(6)7)91-74(79)58-51-44-37-28-23-25-32-39-46-53-66(4)5/h13-16,65-70,75H,8-12,17-64H2,1-7H3,(H,80,81)(H,82,83)/b14-13-,16-15-/t68?,69-,70-/m1/s1. The molecule has 0 amide bonds. The van der Waals surface area contributed by atoms with Crippen molar-refractivity contribution in [2.24, 2.45) is 17.8 Å². The van der Waals surface area contributed by atoms with Gasteiger partial charge < -0.3 is 33.8 Å². The summed E-state index contributed by atoms with van der Waals surface area (Å²) < 4.78 is 68.4. The fourth-order valence-electron chi connectivity index (χ4n) is 10.7. The Hall–Kier alpha value is -2.46. The van der Waals surface area contributed by atoms with Gasteiger partial charge in [-0.05, 0) is 69.1 Å². The van der Waals surface area contributed by atoms with E-state index in [1.54, 1.807) is 0 Å². The number of carbonyl (C=O) groups excluding carboxylic acids is 4. The molecule has 3 unspecified atom stereocenters. The Kier molecular flexibility index (Phi) is 62.5. The molecule has 0 rings (SSSR count). The zero-order chi connectivity index (χ0) is 68.7. The third-order valence-corrected chi connectivity index (χ3v) is 18.4. The van der Waals surface area contributed by atoms with E-state index in [1.165, 1.54) is 141 Å². The molecule has 0 aromatic heterocycles. The SMILES string of the molecule is CCCCCC/C=C\C=C/CCCCCCCC(=O)OC[C@H](COP(=O)(O)OCC(O)COP(=O)(O)OC[C@@H](COC(=O)CCCCCCCCCCC(C)C)OC(=O)CCCCCCCCCCCC(C)C)OC(=O)CCCCCCCCCCCCCCC(C)C. The van der Waals surface area contributed by atoms with Gasteiger partial charge >= 0.3 is 39.5 Å². The maximum atomic E-state index is 13.1. The minimum absolute atomic E-state index is 0.0995. The highest BCUT2D eigenvalue weighted by Crippen LogP contribution is 2.45. The highest BCUT2D eigenvalue weighted by molar-refractivity contribution is 7.47. The van der Waals surface area contributed by atoms with E-state index in [0.29, 0.717) is 25.7 Å². The minimum atomic E-state index is -4.96. The average Bonchev–Trinajstić information content (AvgIpc) is 2.18. The lowest BCUT2D eigenvalue weighted by Crippen LogP contribution is -2.30. The van der Waals surface area contributed by atoms with Crippen LogP contribution >= 0.6 is 15.6 Å². The molecule has 17 nitrogen and oxygen atoms in total. The number of aliphatic hydroxyl groups is 1. The van der Waals surface area contributed by atoms with Crippen molar-refractivity contribution in [1.29, 1.82) is 0 Å². The molecule has 0 bridgehead atoms. The molecular formula is C74H140O17P2. The Morgan fingerprint density at radius 2 is 0.581 bits per heavy atom. The van der Waals surface area contributed by atoms with Crippen LogP contribution in [0.15, 0.2) is 24.3 Å². The van der Waals surface area contributed by atoms with Gasteiger partial charge in [0.05, 0.1) is 26.4 Å². The molecule has 0 aliphatic rings. The van der Waals surface area contributed by atoms with Crippen LogP contribution in [0.5, 0.6) is 0 Å². The molecule has 0 aromatic rings. The van der Waals surface area contributed by atoms with Crippen LogP contribution in [-0.4, -0.2) is 96.7 Å². The van der Waals surface area contributed by atoms with E-state index in [9.17, 15) is 43.2 Å². The first kappa shape index (κ1) is 90.5. The van der Waals surface area contributed by atoms with Crippen LogP contribution in [0.4, 0.5) is 0 Å². The summed E-state index contributed by atoms with van der Waals surface area (Å²) >= 11 is 0. The summed E-state index contributed by atoms with van der Waals surface area (Å²) in [5, 5.41) is 10.6. The number of allylic oxidation sites excluding steroid dienone is 4. The van der Waals surface area contributed by atoms with E-state index in [-0.39, 0.29) is 25.7 Å². The Morgan fingerprint density at radius 3 is 0.871 bits per heavy atom. The molecule has 548 valence electrons. The van der Waals surface area contributed by atoms with Gasteiger partial charge in [-0.1, -0.05) is 297 Å². The third-order valence-electron chi connectivity index (χ3n) is 16.5. The molecule has 0 spiro atoms. The highest BCUT2D eigenvalue weighted by Gasteiger charge is 2.30. The molecule has 0 aliphatic carbocycles. The lowest BCUT2D eigenvalue weighted by molar-refractivity contribution is -0.161. The Morgan fingerprint density at radius 1 is 0.333 bits per heavy atom. The number of hydrogen-bond acceptors (Lipinski definition) is 15. The summed E-state index contributed by atoms with van der Waals surface area (Å²) in [6, 6.07) is 0. The maximum absolute atomic E-state index is 13.1. The Balaban J connectivity index is 5.30. The number of phosphoric acid groups is 2. The van der Waals surface area contributed by atoms with Crippen LogP contribution in [0, 0.1) is 17.8 Å². The second-order valence-electron chi connectivity index (χ2n) is 27.4. The van der Waals surface area contributed by atoms with Gasteiger partial charge in [-0.15, -0.1) is 0 Å². The van der Waals surface area contributed by atoms with Gasteiger partial charge in [0.2, 0.25) is 0 Å². The average molecular weight is 1360 g/mol. The molecule has 0 saturated heterocycles. The fourth-order valence-corrected chi connectivity index (χ4v) is 12.3. The van der Waals surface area contributed by atoms with Crippen molar-refractivity contribution in [1.82, 2.24) is 0 Å². The number of unbranched alkanes of at least 4 members (excludes halogenated alkanes) is 35. The molecule has 19 heteroatoms. The van der Waals surface area contributed by atoms with Crippen LogP contribution in [0.2, 0.25) is 0 Å². The van der Waals surface area contributed by atoms with Gasteiger partial charge in [0.15, 0.2) is 12.2 Å². The molecular weight excluding hydrogens is 1220 g/mol. The van der Waals surface area contributed by atoms with Crippen LogP contribution in [-0.2, 0) is 65.4 Å². The fraction of sp³-hybridized carbons (Fsp3) is 0.892. The summed E-state index contributed by atoms with van der Waals surface area (Å²) in [6.07, 6.45) is 52.2. The summed E-state index contributed by atoms with van der Waals surface area (Å²) in [4.78, 5) is 72.7. The van der Waals surface area contributed by atoms with Crippen LogP contribution < -0.4 is 0 Å². The smallest absolute Gasteiger partial charge is 0.462 e. The van der Waals surface area contributed by atoms with Crippen molar-refractivity contribution in [2.45, 2.75) is 369 Å². The van der Waals surface area contributed by atoms with Gasteiger partial charge in [-0.25, -0.2) is 9.13 Å². The van der Waals surface area contributed by atoms with E-state index in [1.807, 2.05) is 0 Å². The molecule has 0 fully saturated rings. The summed E-state index contributed by atoms with van der Waals surface area (Å²) in [7, 11) is -9.92. The van der Waals surface area contributed by atoms with Gasteiger partial charge in [0, 0.05) is 25.7 Å². The number of phosphoric ester groups is 2.